The molecule has 102 valence electrons. The molecule has 0 unspecified atom stereocenters. The number of likely N-dealkylation sites (tertiary alicyclic amines) is 1. The van der Waals surface area contributed by atoms with Gasteiger partial charge < -0.3 is 4.90 Å². The van der Waals surface area contributed by atoms with Crippen molar-refractivity contribution >= 4 is 22.5 Å². The number of hydrogen-bond donors (Lipinski definition) is 1. The van der Waals surface area contributed by atoms with Crippen LogP contribution in [-0.4, -0.2) is 38.8 Å². The molecule has 3 rings (SSSR count). The van der Waals surface area contributed by atoms with E-state index in [1.54, 1.807) is 22.0 Å². The summed E-state index contributed by atoms with van der Waals surface area (Å²) in [5.74, 6) is 0. The maximum absolute atomic E-state index is 11.9. The molecule has 3 heterocycles. The Balaban J connectivity index is 1.55. The lowest BCUT2D eigenvalue weighted by Gasteiger charge is -2.38. The Morgan fingerprint density at radius 3 is 2.95 bits per heavy atom. The van der Waals surface area contributed by atoms with Crippen molar-refractivity contribution in [3.05, 3.63) is 29.0 Å². The van der Waals surface area contributed by atoms with Gasteiger partial charge in [-0.25, -0.2) is 9.78 Å². The third-order valence-electron chi connectivity index (χ3n) is 3.09. The van der Waals surface area contributed by atoms with Crippen molar-refractivity contribution in [3.63, 3.8) is 0 Å². The number of thiazole rings is 1. The summed E-state index contributed by atoms with van der Waals surface area (Å²) in [4.78, 5) is 18.8. The van der Waals surface area contributed by atoms with Crippen LogP contribution < -0.4 is 5.32 Å². The van der Waals surface area contributed by atoms with E-state index in [9.17, 15) is 4.79 Å². The lowest BCUT2D eigenvalue weighted by molar-refractivity contribution is 0.128. The lowest BCUT2D eigenvalue weighted by Crippen LogP contribution is -2.52. The molecule has 0 aromatic carbocycles. The Hall–Kier alpha value is -2.40. The zero-order valence-corrected chi connectivity index (χ0v) is 11.6. The van der Waals surface area contributed by atoms with E-state index in [2.05, 4.69) is 15.4 Å². The van der Waals surface area contributed by atoms with Gasteiger partial charge in [0.05, 0.1) is 17.8 Å². The summed E-state index contributed by atoms with van der Waals surface area (Å²) in [7, 11) is 0. The number of amides is 2. The number of nitrogens with one attached hydrogen (secondary N) is 1. The third-order valence-corrected chi connectivity index (χ3v) is 3.92. The van der Waals surface area contributed by atoms with Crippen LogP contribution in [0.5, 0.6) is 0 Å². The van der Waals surface area contributed by atoms with E-state index in [1.165, 1.54) is 17.5 Å². The smallest absolute Gasteiger partial charge is 0.320 e. The summed E-state index contributed by atoms with van der Waals surface area (Å²) in [5, 5.41) is 16.2. The first-order chi connectivity index (χ1) is 9.65. The largest absolute Gasteiger partial charge is 0.323 e. The molecular weight excluding hydrogens is 276 g/mol. The molecule has 0 radical (unpaired) electrons. The van der Waals surface area contributed by atoms with Gasteiger partial charge in [0.15, 0.2) is 5.13 Å². The summed E-state index contributed by atoms with van der Waals surface area (Å²) >= 11 is 1.45. The molecule has 20 heavy (non-hydrogen) atoms. The molecule has 0 spiro atoms. The Kier molecular flexibility index (Phi) is 3.12. The molecule has 1 saturated heterocycles. The van der Waals surface area contributed by atoms with Crippen LogP contribution in [0.4, 0.5) is 9.93 Å². The molecule has 2 aromatic heterocycles. The fourth-order valence-corrected chi connectivity index (χ4v) is 2.62. The predicted molar refractivity (Wildman–Crippen MR) is 73.4 cm³/mol. The van der Waals surface area contributed by atoms with Crippen molar-refractivity contribution in [1.82, 2.24) is 19.7 Å². The molecule has 0 saturated carbocycles. The molecule has 2 amide bonds. The summed E-state index contributed by atoms with van der Waals surface area (Å²) in [6.45, 7) is 3.11. The van der Waals surface area contributed by atoms with E-state index in [0.29, 0.717) is 23.8 Å². The monoisotopic (exact) mass is 288 g/mol. The number of aromatic nitrogens is 3. The standard InChI is InChI=1S/C12H12N6OS/c1-8-3-14-11(20-8)16-12(19)17-6-10(7-17)18-5-9(2-13)4-15-18/h3-5,10H,6-7H2,1H3,(H,14,16,19). The Labute approximate surface area is 119 Å². The van der Waals surface area contributed by atoms with Crippen LogP contribution in [0, 0.1) is 18.3 Å². The SMILES string of the molecule is Cc1cnc(NC(=O)N2CC(n3cc(C#N)cn3)C2)s1. The summed E-state index contributed by atoms with van der Waals surface area (Å²) in [6.07, 6.45) is 4.96. The van der Waals surface area contributed by atoms with E-state index in [-0.39, 0.29) is 12.1 Å². The van der Waals surface area contributed by atoms with Crippen LogP contribution >= 0.6 is 11.3 Å². The van der Waals surface area contributed by atoms with E-state index >= 15 is 0 Å². The van der Waals surface area contributed by atoms with Crippen LogP contribution in [0.1, 0.15) is 16.5 Å². The first-order valence-electron chi connectivity index (χ1n) is 6.08. The highest BCUT2D eigenvalue weighted by molar-refractivity contribution is 7.15. The average molecular weight is 288 g/mol. The fraction of sp³-hybridized carbons (Fsp3) is 0.333. The first-order valence-corrected chi connectivity index (χ1v) is 6.90. The van der Waals surface area contributed by atoms with E-state index in [1.807, 2.05) is 13.0 Å². The van der Waals surface area contributed by atoms with Crippen LogP contribution in [-0.2, 0) is 0 Å². The van der Waals surface area contributed by atoms with Gasteiger partial charge in [-0.15, -0.1) is 11.3 Å². The minimum Gasteiger partial charge on any atom is -0.320 e. The zero-order chi connectivity index (χ0) is 14.1. The van der Waals surface area contributed by atoms with Crippen LogP contribution in [0.2, 0.25) is 0 Å². The van der Waals surface area contributed by atoms with E-state index in [0.717, 1.165) is 4.88 Å². The fourth-order valence-electron chi connectivity index (χ4n) is 1.97. The topological polar surface area (TPSA) is 86.8 Å². The number of nitriles is 1. The highest BCUT2D eigenvalue weighted by atomic mass is 32.1. The number of nitrogens with zero attached hydrogens (tertiary/aromatic N) is 5. The second kappa shape index (κ2) is 4.94. The molecule has 8 heteroatoms. The predicted octanol–water partition coefficient (Wildman–Crippen LogP) is 1.61. The second-order valence-corrected chi connectivity index (χ2v) is 5.82. The van der Waals surface area contributed by atoms with Crippen molar-refractivity contribution in [2.45, 2.75) is 13.0 Å². The number of hydrogen-bond acceptors (Lipinski definition) is 5. The van der Waals surface area contributed by atoms with Crippen LogP contribution in [0.3, 0.4) is 0 Å². The number of carbonyl (C=O) groups excluding carboxylic acids is 1. The number of urea groups is 1. The maximum Gasteiger partial charge on any atom is 0.323 e. The quantitative estimate of drug-likeness (QED) is 0.909. The number of aryl methyl sites for hydroxylation is 1. The zero-order valence-electron chi connectivity index (χ0n) is 10.8. The number of rotatable bonds is 2. The van der Waals surface area contributed by atoms with Crippen molar-refractivity contribution in [3.8, 4) is 6.07 Å². The highest BCUT2D eigenvalue weighted by Gasteiger charge is 2.32. The Morgan fingerprint density at radius 2 is 2.35 bits per heavy atom. The highest BCUT2D eigenvalue weighted by Crippen LogP contribution is 2.23. The summed E-state index contributed by atoms with van der Waals surface area (Å²) in [5.41, 5.74) is 0.533. The van der Waals surface area contributed by atoms with Crippen molar-refractivity contribution in [1.29, 1.82) is 5.26 Å². The Bertz CT molecular complexity index is 678. The van der Waals surface area contributed by atoms with E-state index in [4.69, 9.17) is 5.26 Å². The van der Waals surface area contributed by atoms with Crippen molar-refractivity contribution in [2.75, 3.05) is 18.4 Å². The van der Waals surface area contributed by atoms with Crippen LogP contribution in [0.15, 0.2) is 18.6 Å². The molecule has 1 N–H and O–H groups in total. The van der Waals surface area contributed by atoms with Crippen LogP contribution in [0.25, 0.3) is 0 Å². The van der Waals surface area contributed by atoms with Gasteiger partial charge in [-0.05, 0) is 6.92 Å². The molecule has 1 aliphatic rings. The van der Waals surface area contributed by atoms with Gasteiger partial charge >= 0.3 is 6.03 Å². The summed E-state index contributed by atoms with van der Waals surface area (Å²) in [6, 6.07) is 2.03. The first kappa shape index (κ1) is 12.6. The van der Waals surface area contributed by atoms with Gasteiger partial charge in [0.25, 0.3) is 0 Å². The van der Waals surface area contributed by atoms with Gasteiger partial charge in [-0.2, -0.15) is 10.4 Å². The second-order valence-electron chi connectivity index (χ2n) is 4.59. The molecule has 0 bridgehead atoms. The van der Waals surface area contributed by atoms with Gasteiger partial charge in [0.1, 0.15) is 6.07 Å². The van der Waals surface area contributed by atoms with Crippen molar-refractivity contribution < 1.29 is 4.79 Å². The maximum atomic E-state index is 11.9. The molecule has 7 nitrogen and oxygen atoms in total. The molecule has 1 fully saturated rings. The van der Waals surface area contributed by atoms with Crippen molar-refractivity contribution in [2.24, 2.45) is 0 Å². The lowest BCUT2D eigenvalue weighted by atomic mass is 10.1. The minimum atomic E-state index is -0.150. The third kappa shape index (κ3) is 2.35. The Morgan fingerprint density at radius 1 is 1.55 bits per heavy atom. The average Bonchev–Trinajstić information content (AvgIpc) is 2.97. The van der Waals surface area contributed by atoms with Gasteiger partial charge in [0, 0.05) is 30.4 Å². The molecule has 0 aliphatic carbocycles. The van der Waals surface area contributed by atoms with Gasteiger partial charge in [-0.1, -0.05) is 0 Å². The minimum absolute atomic E-state index is 0.140. The number of anilines is 1. The number of carbonyl (C=O) groups is 1. The van der Waals surface area contributed by atoms with Gasteiger partial charge in [0.2, 0.25) is 0 Å². The molecular formula is C12H12N6OS. The molecule has 2 aromatic rings. The van der Waals surface area contributed by atoms with Gasteiger partial charge in [-0.3, -0.25) is 10.00 Å². The molecule has 1 aliphatic heterocycles. The summed E-state index contributed by atoms with van der Waals surface area (Å²) < 4.78 is 1.73. The molecule has 0 atom stereocenters. The normalized spacial score (nSPS) is 14.7. The van der Waals surface area contributed by atoms with E-state index < -0.39 is 0 Å².